The van der Waals surface area contributed by atoms with Crippen LogP contribution in [0.4, 0.5) is 4.70 Å². The molecule has 1 fully saturated rings. The summed E-state index contributed by atoms with van der Waals surface area (Å²) < 4.78 is 0. The van der Waals surface area contributed by atoms with Crippen LogP contribution >= 0.6 is 0 Å². The van der Waals surface area contributed by atoms with Crippen LogP contribution in [-0.2, 0) is 0 Å². The Balaban J connectivity index is 0.000000250. The van der Waals surface area contributed by atoms with Gasteiger partial charge >= 0.3 is 0 Å². The SMILES string of the molecule is F.OC1CCC1. The van der Waals surface area contributed by atoms with E-state index in [9.17, 15) is 0 Å². The second kappa shape index (κ2) is 2.13. The predicted octanol–water partition coefficient (Wildman–Crippen LogP) is 0.684. The number of aliphatic hydroxyl groups excluding tert-OH is 1. The number of hydrogen-bond acceptors (Lipinski definition) is 1. The van der Waals surface area contributed by atoms with Crippen molar-refractivity contribution in [1.29, 1.82) is 0 Å². The van der Waals surface area contributed by atoms with Crippen LogP contribution in [0.15, 0.2) is 0 Å². The van der Waals surface area contributed by atoms with Crippen LogP contribution in [-0.4, -0.2) is 11.2 Å². The van der Waals surface area contributed by atoms with Crippen molar-refractivity contribution >= 4 is 0 Å². The van der Waals surface area contributed by atoms with Gasteiger partial charge in [0, 0.05) is 0 Å². The maximum atomic E-state index is 8.45. The summed E-state index contributed by atoms with van der Waals surface area (Å²) in [4.78, 5) is 0. The number of rotatable bonds is 0. The van der Waals surface area contributed by atoms with Crippen molar-refractivity contribution in [2.75, 3.05) is 0 Å². The van der Waals surface area contributed by atoms with Gasteiger partial charge in [0.05, 0.1) is 6.10 Å². The first kappa shape index (κ1) is 5.89. The molecule has 0 radical (unpaired) electrons. The molecule has 6 heavy (non-hydrogen) atoms. The van der Waals surface area contributed by atoms with Crippen LogP contribution in [0.2, 0.25) is 0 Å². The molecule has 0 aliphatic heterocycles. The molecule has 38 valence electrons. The van der Waals surface area contributed by atoms with Gasteiger partial charge in [0.2, 0.25) is 0 Å². The van der Waals surface area contributed by atoms with E-state index in [1.54, 1.807) is 0 Å². The molecule has 0 heterocycles. The topological polar surface area (TPSA) is 20.2 Å². The second-order valence-corrected chi connectivity index (χ2v) is 1.58. The predicted molar refractivity (Wildman–Crippen MR) is 22.4 cm³/mol. The Labute approximate surface area is 36.4 Å². The van der Waals surface area contributed by atoms with Gasteiger partial charge in [-0.2, -0.15) is 0 Å². The van der Waals surface area contributed by atoms with Crippen molar-refractivity contribution in [3.8, 4) is 0 Å². The van der Waals surface area contributed by atoms with Gasteiger partial charge in [-0.25, -0.2) is 0 Å². The van der Waals surface area contributed by atoms with E-state index in [1.807, 2.05) is 0 Å². The van der Waals surface area contributed by atoms with E-state index < -0.39 is 0 Å². The third kappa shape index (κ3) is 0.937. The monoisotopic (exact) mass is 92.1 g/mol. The standard InChI is InChI=1S/C4H8O.FH/c5-4-2-1-3-4;/h4-5H,1-3H2;1H. The van der Waals surface area contributed by atoms with Gasteiger partial charge in [-0.15, -0.1) is 0 Å². The van der Waals surface area contributed by atoms with E-state index in [0.29, 0.717) is 0 Å². The lowest BCUT2D eigenvalue weighted by atomic mass is 9.97. The van der Waals surface area contributed by atoms with Gasteiger partial charge in [-0.3, -0.25) is 4.70 Å². The lowest BCUT2D eigenvalue weighted by Gasteiger charge is -2.17. The van der Waals surface area contributed by atoms with E-state index in [0.717, 1.165) is 12.8 Å². The molecule has 0 saturated heterocycles. The van der Waals surface area contributed by atoms with Crippen LogP contribution < -0.4 is 0 Å². The summed E-state index contributed by atoms with van der Waals surface area (Å²) >= 11 is 0. The smallest absolute Gasteiger partial charge is 0.0540 e. The average Bonchev–Trinajstić information content (AvgIpc) is 1.30. The molecule has 0 aromatic carbocycles. The highest BCUT2D eigenvalue weighted by atomic mass is 19.0. The molecule has 1 N–H and O–H groups in total. The highest BCUT2D eigenvalue weighted by Crippen LogP contribution is 2.16. The molecule has 0 aromatic rings. The highest BCUT2D eigenvalue weighted by Gasteiger charge is 2.11. The normalized spacial score (nSPS) is 21.5. The summed E-state index contributed by atoms with van der Waals surface area (Å²) in [7, 11) is 0. The molecular weight excluding hydrogens is 83.0 g/mol. The first-order valence-electron chi connectivity index (χ1n) is 2.07. The summed E-state index contributed by atoms with van der Waals surface area (Å²) in [5, 5.41) is 8.45. The Bertz CT molecular complexity index is 34.5. The second-order valence-electron chi connectivity index (χ2n) is 1.58. The minimum Gasteiger partial charge on any atom is -0.393 e. The van der Waals surface area contributed by atoms with Crippen molar-refractivity contribution < 1.29 is 9.81 Å². The van der Waals surface area contributed by atoms with Gasteiger partial charge in [-0.05, 0) is 19.3 Å². The number of aliphatic hydroxyl groups is 1. The van der Waals surface area contributed by atoms with Crippen molar-refractivity contribution in [1.82, 2.24) is 0 Å². The van der Waals surface area contributed by atoms with Gasteiger partial charge in [0.1, 0.15) is 0 Å². The minimum absolute atomic E-state index is 0. The molecule has 0 bridgehead atoms. The van der Waals surface area contributed by atoms with Crippen LogP contribution in [0.3, 0.4) is 0 Å². The maximum absolute atomic E-state index is 8.45. The van der Waals surface area contributed by atoms with Crippen molar-refractivity contribution in [3.63, 3.8) is 0 Å². The molecule has 2 heteroatoms. The van der Waals surface area contributed by atoms with Crippen LogP contribution in [0.1, 0.15) is 19.3 Å². The zero-order valence-corrected chi connectivity index (χ0v) is 3.55. The van der Waals surface area contributed by atoms with Gasteiger partial charge in [0.15, 0.2) is 0 Å². The number of hydrogen-bond donors (Lipinski definition) is 1. The van der Waals surface area contributed by atoms with E-state index >= 15 is 0 Å². The Morgan fingerprint density at radius 3 is 1.67 bits per heavy atom. The maximum Gasteiger partial charge on any atom is 0.0540 e. The first-order chi connectivity index (χ1) is 2.39. The molecule has 1 rings (SSSR count). The van der Waals surface area contributed by atoms with E-state index in [4.69, 9.17) is 5.11 Å². The Morgan fingerprint density at radius 2 is 1.67 bits per heavy atom. The summed E-state index contributed by atoms with van der Waals surface area (Å²) in [6, 6.07) is 0. The lowest BCUT2D eigenvalue weighted by Crippen LogP contribution is -2.15. The fourth-order valence-electron chi connectivity index (χ4n) is 0.387. The Hall–Kier alpha value is -0.110. The molecular formula is C4H9FO. The third-order valence-electron chi connectivity index (χ3n) is 1.07. The molecule has 0 spiro atoms. The summed E-state index contributed by atoms with van der Waals surface area (Å²) in [6.07, 6.45) is 3.39. The van der Waals surface area contributed by atoms with Gasteiger partial charge < -0.3 is 5.11 Å². The molecule has 0 aromatic heterocycles. The van der Waals surface area contributed by atoms with Crippen LogP contribution in [0.25, 0.3) is 0 Å². The third-order valence-corrected chi connectivity index (χ3v) is 1.07. The quantitative estimate of drug-likeness (QED) is 0.466. The van der Waals surface area contributed by atoms with Crippen molar-refractivity contribution in [3.05, 3.63) is 0 Å². The Morgan fingerprint density at radius 1 is 1.33 bits per heavy atom. The van der Waals surface area contributed by atoms with Crippen molar-refractivity contribution in [2.45, 2.75) is 25.4 Å². The molecule has 1 nitrogen and oxygen atoms in total. The average molecular weight is 92.1 g/mol. The lowest BCUT2D eigenvalue weighted by molar-refractivity contribution is 0.0950. The molecule has 0 atom stereocenters. The van der Waals surface area contributed by atoms with E-state index in [-0.39, 0.29) is 10.8 Å². The van der Waals surface area contributed by atoms with E-state index in [2.05, 4.69) is 0 Å². The molecule has 1 aliphatic rings. The number of halogens is 1. The molecule has 1 aliphatic carbocycles. The molecule has 1 saturated carbocycles. The summed E-state index contributed by atoms with van der Waals surface area (Å²) in [5.41, 5.74) is 0. The van der Waals surface area contributed by atoms with Crippen molar-refractivity contribution in [2.24, 2.45) is 0 Å². The minimum atomic E-state index is 0. The van der Waals surface area contributed by atoms with Crippen LogP contribution in [0.5, 0.6) is 0 Å². The summed E-state index contributed by atoms with van der Waals surface area (Å²) in [6.45, 7) is 0. The fraction of sp³-hybridized carbons (Fsp3) is 1.00. The Kier molecular flexibility index (Phi) is 2.09. The van der Waals surface area contributed by atoms with Gasteiger partial charge in [-0.1, -0.05) is 0 Å². The van der Waals surface area contributed by atoms with Crippen LogP contribution in [0, 0.1) is 0 Å². The zero-order chi connectivity index (χ0) is 3.70. The highest BCUT2D eigenvalue weighted by molar-refractivity contribution is 4.65. The molecule has 0 amide bonds. The summed E-state index contributed by atoms with van der Waals surface area (Å²) in [5.74, 6) is 0. The van der Waals surface area contributed by atoms with Gasteiger partial charge in [0.25, 0.3) is 0 Å². The first-order valence-corrected chi connectivity index (χ1v) is 2.07. The molecule has 0 unspecified atom stereocenters. The fourth-order valence-corrected chi connectivity index (χ4v) is 0.387. The largest absolute Gasteiger partial charge is 0.393 e. The zero-order valence-electron chi connectivity index (χ0n) is 3.55. The van der Waals surface area contributed by atoms with E-state index in [1.165, 1.54) is 6.42 Å².